The zero-order valence-corrected chi connectivity index (χ0v) is 38.3. The molecule has 0 amide bonds. The standard InChI is InChI=1S/C52H36N8O12/c1-27(61)39-21-22-53-50(39)47(32-7-15-36(16-8-32)58(67)68)45-25-41(29(3)63)52(55-45)49(34-11-19-38(20-12-34)60(71)72)46-26-42(30(4)64)51(56-46)48(33-9-17-37(18-10-33)59(69)70)44-24-40(28(2)62)43(54-44)23-31-5-13-35(14-6-31)57(65)66/h5-26,53,56H,1-4H3/b43-23-,47-45+,49-46+,51-48+. The van der Waals surface area contributed by atoms with E-state index in [1.165, 1.54) is 149 Å². The molecule has 6 aromatic rings. The molecule has 2 aromatic heterocycles. The first-order valence-electron chi connectivity index (χ1n) is 21.6. The summed E-state index contributed by atoms with van der Waals surface area (Å²) in [4.78, 5) is 115. The Morgan fingerprint density at radius 3 is 1.43 bits per heavy atom. The van der Waals surface area contributed by atoms with Crippen molar-refractivity contribution in [2.45, 2.75) is 27.7 Å². The number of nitrogens with one attached hydrogen (secondary N) is 2. The number of hydrogen-bond acceptors (Lipinski definition) is 14. The molecule has 72 heavy (non-hydrogen) atoms. The summed E-state index contributed by atoms with van der Waals surface area (Å²) in [5, 5.41) is 47.0. The smallest absolute Gasteiger partial charge is 0.269 e. The van der Waals surface area contributed by atoms with E-state index in [1.54, 1.807) is 12.1 Å². The minimum Gasteiger partial charge on any atom is -0.361 e. The van der Waals surface area contributed by atoms with Gasteiger partial charge >= 0.3 is 0 Å². The van der Waals surface area contributed by atoms with Crippen molar-refractivity contribution in [1.82, 2.24) is 9.97 Å². The summed E-state index contributed by atoms with van der Waals surface area (Å²) in [5.41, 5.74) is 2.32. The molecule has 4 aromatic carbocycles. The Labute approximate surface area is 405 Å². The van der Waals surface area contributed by atoms with E-state index in [1.807, 2.05) is 0 Å². The highest BCUT2D eigenvalue weighted by atomic mass is 16.6. The van der Waals surface area contributed by atoms with Gasteiger partial charge in [-0.3, -0.25) is 59.6 Å². The summed E-state index contributed by atoms with van der Waals surface area (Å²) in [7, 11) is 0. The van der Waals surface area contributed by atoms with Gasteiger partial charge in [0, 0.05) is 99.1 Å². The summed E-state index contributed by atoms with van der Waals surface area (Å²) in [6, 6.07) is 24.7. The molecule has 0 atom stereocenters. The zero-order valence-electron chi connectivity index (χ0n) is 38.3. The largest absolute Gasteiger partial charge is 0.361 e. The Hall–Kier alpha value is -10.2. The summed E-state index contributed by atoms with van der Waals surface area (Å²) < 4.78 is 0. The van der Waals surface area contributed by atoms with Gasteiger partial charge in [-0.2, -0.15) is 0 Å². The minimum atomic E-state index is -0.598. The molecular formula is C52H36N8O12. The lowest BCUT2D eigenvalue weighted by molar-refractivity contribution is -0.385. The second kappa shape index (κ2) is 19.4. The lowest BCUT2D eigenvalue weighted by atomic mass is 9.93. The maximum Gasteiger partial charge on any atom is 0.269 e. The van der Waals surface area contributed by atoms with Crippen molar-refractivity contribution in [2.24, 2.45) is 9.98 Å². The zero-order chi connectivity index (χ0) is 51.7. The van der Waals surface area contributed by atoms with Gasteiger partial charge in [-0.15, -0.1) is 0 Å². The minimum absolute atomic E-state index is 0.0202. The van der Waals surface area contributed by atoms with Crippen LogP contribution in [-0.2, 0) is 9.59 Å². The molecule has 0 saturated heterocycles. The van der Waals surface area contributed by atoms with Gasteiger partial charge in [0.15, 0.2) is 23.1 Å². The van der Waals surface area contributed by atoms with E-state index in [-0.39, 0.29) is 112 Å². The second-order valence-corrected chi connectivity index (χ2v) is 16.3. The summed E-state index contributed by atoms with van der Waals surface area (Å²) >= 11 is 0. The molecule has 8 rings (SSSR count). The van der Waals surface area contributed by atoms with Crippen molar-refractivity contribution >= 4 is 80.1 Å². The van der Waals surface area contributed by atoms with Crippen LogP contribution in [0.4, 0.5) is 22.7 Å². The van der Waals surface area contributed by atoms with Crippen LogP contribution < -0.4 is 10.7 Å². The topological polar surface area (TPSA) is 297 Å². The fourth-order valence-electron chi connectivity index (χ4n) is 8.25. The number of non-ortho nitro benzene ring substituents is 4. The lowest BCUT2D eigenvalue weighted by Gasteiger charge is -2.11. The van der Waals surface area contributed by atoms with Crippen LogP contribution in [0.15, 0.2) is 160 Å². The van der Waals surface area contributed by atoms with Gasteiger partial charge in [0.05, 0.1) is 53.6 Å². The molecule has 0 unspecified atom stereocenters. The number of carbonyl (C=O) groups excluding carboxylic acids is 4. The van der Waals surface area contributed by atoms with E-state index in [2.05, 4.69) is 9.97 Å². The van der Waals surface area contributed by atoms with Gasteiger partial charge < -0.3 is 9.97 Å². The van der Waals surface area contributed by atoms with Crippen molar-refractivity contribution in [3.8, 4) is 0 Å². The SMILES string of the molecule is CC(=O)C1=C/C(=C(/c2ccc([N+](=O)[O-])cc2)c2[nH]ccc2C(C)=O)N=C1/C(c1ccc([N+](=O)[O-])cc1)=c1\cc(C(C)=O)/c(=C(C2=N/C(=C\c3ccc([N+](=O)[O-])cc3)C(C(C)=O)=C2)/c2ccc([N+](=O)[O-])cc2)[nH]1. The number of nitro groups is 4. The van der Waals surface area contributed by atoms with Crippen LogP contribution >= 0.6 is 0 Å². The predicted octanol–water partition coefficient (Wildman–Crippen LogP) is 8.22. The molecule has 20 nitrogen and oxygen atoms in total. The molecule has 356 valence electrons. The Balaban J connectivity index is 1.49. The summed E-state index contributed by atoms with van der Waals surface area (Å²) in [6.07, 6.45) is 6.03. The third-order valence-corrected chi connectivity index (χ3v) is 11.7. The van der Waals surface area contributed by atoms with Crippen molar-refractivity contribution in [3.63, 3.8) is 0 Å². The molecule has 0 bridgehead atoms. The van der Waals surface area contributed by atoms with Crippen LogP contribution in [0.2, 0.25) is 0 Å². The van der Waals surface area contributed by atoms with Crippen molar-refractivity contribution < 1.29 is 38.9 Å². The highest BCUT2D eigenvalue weighted by molar-refractivity contribution is 6.42. The van der Waals surface area contributed by atoms with E-state index >= 15 is 0 Å². The summed E-state index contributed by atoms with van der Waals surface area (Å²) in [6.45, 7) is 5.25. The number of aromatic amines is 2. The highest BCUT2D eigenvalue weighted by Gasteiger charge is 2.30. The predicted molar refractivity (Wildman–Crippen MR) is 265 cm³/mol. The Kier molecular flexibility index (Phi) is 13.0. The van der Waals surface area contributed by atoms with E-state index in [0.29, 0.717) is 16.7 Å². The van der Waals surface area contributed by atoms with Gasteiger partial charge in [-0.05, 0) is 129 Å². The fourth-order valence-corrected chi connectivity index (χ4v) is 8.25. The Bertz CT molecular complexity index is 3720. The molecule has 2 aliphatic rings. The first-order valence-corrected chi connectivity index (χ1v) is 21.6. The number of allylic oxidation sites excluding steroid dienone is 4. The molecule has 4 heterocycles. The van der Waals surface area contributed by atoms with Crippen LogP contribution in [0, 0.1) is 40.5 Å². The number of ketones is 4. The van der Waals surface area contributed by atoms with Crippen molar-refractivity contribution in [3.05, 3.63) is 240 Å². The van der Waals surface area contributed by atoms with Gasteiger partial charge in [0.25, 0.3) is 22.7 Å². The van der Waals surface area contributed by atoms with Crippen LogP contribution in [-0.4, -0.2) is 64.2 Å². The monoisotopic (exact) mass is 964 g/mol. The van der Waals surface area contributed by atoms with Gasteiger partial charge in [0.2, 0.25) is 0 Å². The number of Topliss-reactive ketones (excluding diaryl/α,β-unsaturated/α-hetero) is 4. The van der Waals surface area contributed by atoms with Crippen molar-refractivity contribution in [1.29, 1.82) is 0 Å². The quantitative estimate of drug-likeness (QED) is 0.0559. The molecular weight excluding hydrogens is 929 g/mol. The van der Waals surface area contributed by atoms with E-state index in [0.717, 1.165) is 0 Å². The van der Waals surface area contributed by atoms with Gasteiger partial charge in [-0.1, -0.05) is 0 Å². The Morgan fingerprint density at radius 2 is 0.972 bits per heavy atom. The first kappa shape index (κ1) is 48.2. The van der Waals surface area contributed by atoms with Crippen LogP contribution in [0.3, 0.4) is 0 Å². The highest BCUT2D eigenvalue weighted by Crippen LogP contribution is 2.37. The molecule has 0 aliphatic carbocycles. The van der Waals surface area contributed by atoms with E-state index in [4.69, 9.17) is 9.98 Å². The number of benzene rings is 4. The third kappa shape index (κ3) is 9.45. The normalized spacial score (nSPS) is 15.2. The van der Waals surface area contributed by atoms with Crippen molar-refractivity contribution in [2.75, 3.05) is 0 Å². The Morgan fingerprint density at radius 1 is 0.514 bits per heavy atom. The van der Waals surface area contributed by atoms with E-state index < -0.39 is 37.0 Å². The molecule has 20 heteroatoms. The fraction of sp³-hybridized carbons (Fsp3) is 0.0769. The second-order valence-electron chi connectivity index (χ2n) is 16.3. The number of aliphatic imine (C=N–C) groups is 2. The number of aromatic nitrogens is 2. The molecule has 0 radical (unpaired) electrons. The number of hydrogen-bond donors (Lipinski definition) is 2. The molecule has 0 fully saturated rings. The number of nitrogens with zero attached hydrogens (tertiary/aromatic N) is 6. The van der Waals surface area contributed by atoms with Crippen LogP contribution in [0.1, 0.15) is 76.4 Å². The van der Waals surface area contributed by atoms with E-state index in [9.17, 15) is 59.6 Å². The average Bonchev–Trinajstić information content (AvgIpc) is 4.18. The molecule has 0 spiro atoms. The van der Waals surface area contributed by atoms with Crippen LogP contribution in [0.25, 0.3) is 22.8 Å². The number of H-pyrrole nitrogens is 2. The maximum atomic E-state index is 13.9. The van der Waals surface area contributed by atoms with Crippen LogP contribution in [0.5, 0.6) is 0 Å². The third-order valence-electron chi connectivity index (χ3n) is 11.7. The number of carbonyl (C=O) groups is 4. The van der Waals surface area contributed by atoms with Gasteiger partial charge in [0.1, 0.15) is 0 Å². The lowest BCUT2D eigenvalue weighted by Crippen LogP contribution is -2.24. The average molecular weight is 965 g/mol. The first-order chi connectivity index (χ1) is 34.3. The molecule has 2 N–H and O–H groups in total. The van der Waals surface area contributed by atoms with Gasteiger partial charge in [-0.25, -0.2) is 9.98 Å². The number of rotatable bonds is 15. The maximum absolute atomic E-state index is 13.9. The number of nitro benzene ring substituents is 4. The molecule has 2 aliphatic heterocycles. The summed E-state index contributed by atoms with van der Waals surface area (Å²) in [5.74, 6) is -1.72. The molecule has 0 saturated carbocycles.